The molecule has 0 aromatic heterocycles. The molecular formula is C20H25FN2O3. The molecule has 4 aliphatic rings. The summed E-state index contributed by atoms with van der Waals surface area (Å²) in [5.74, 6) is 0.258. The van der Waals surface area contributed by atoms with Crippen LogP contribution in [0.2, 0.25) is 0 Å². The lowest BCUT2D eigenvalue weighted by Crippen LogP contribution is -2.48. The number of amides is 2. The SMILES string of the molecule is [2H]C([2H])(C(=O)NOC(=O)NCc1ccc(F)cc1)C12CC3CC(CC(C3)C1)C2. The molecule has 0 heterocycles. The van der Waals surface area contributed by atoms with Crippen molar-refractivity contribution in [2.75, 3.05) is 0 Å². The van der Waals surface area contributed by atoms with E-state index in [2.05, 4.69) is 5.32 Å². The molecular weight excluding hydrogens is 335 g/mol. The van der Waals surface area contributed by atoms with Crippen molar-refractivity contribution in [3.63, 3.8) is 0 Å². The molecule has 2 amide bonds. The quantitative estimate of drug-likeness (QED) is 0.803. The van der Waals surface area contributed by atoms with Gasteiger partial charge in [0.25, 0.3) is 5.91 Å². The Hall–Kier alpha value is -2.11. The van der Waals surface area contributed by atoms with Crippen molar-refractivity contribution < 1.29 is 21.6 Å². The van der Waals surface area contributed by atoms with Gasteiger partial charge in [0.2, 0.25) is 0 Å². The fourth-order valence-corrected chi connectivity index (χ4v) is 5.44. The maximum Gasteiger partial charge on any atom is 0.431 e. The second-order valence-corrected chi connectivity index (χ2v) is 8.12. The summed E-state index contributed by atoms with van der Waals surface area (Å²) in [6, 6.07) is 5.62. The van der Waals surface area contributed by atoms with Crippen LogP contribution in [-0.2, 0) is 16.2 Å². The van der Waals surface area contributed by atoms with E-state index in [0.29, 0.717) is 23.3 Å². The number of hydrogen-bond acceptors (Lipinski definition) is 3. The molecule has 4 fully saturated rings. The summed E-state index contributed by atoms with van der Waals surface area (Å²) >= 11 is 0. The topological polar surface area (TPSA) is 67.4 Å². The lowest BCUT2D eigenvalue weighted by molar-refractivity contribution is -0.137. The first-order valence-corrected chi connectivity index (χ1v) is 9.27. The second-order valence-electron chi connectivity index (χ2n) is 8.12. The summed E-state index contributed by atoms with van der Waals surface area (Å²) in [5.41, 5.74) is 2.03. The molecule has 0 saturated heterocycles. The van der Waals surface area contributed by atoms with Crippen molar-refractivity contribution in [3.05, 3.63) is 35.6 Å². The first-order chi connectivity index (χ1) is 13.3. The Labute approximate surface area is 155 Å². The van der Waals surface area contributed by atoms with Gasteiger partial charge < -0.3 is 10.2 Å². The van der Waals surface area contributed by atoms with Crippen LogP contribution in [0.5, 0.6) is 0 Å². The number of hydroxylamine groups is 1. The minimum absolute atomic E-state index is 0.108. The molecule has 0 radical (unpaired) electrons. The molecule has 0 spiro atoms. The zero-order valence-corrected chi connectivity index (χ0v) is 14.6. The van der Waals surface area contributed by atoms with E-state index < -0.39 is 23.8 Å². The summed E-state index contributed by atoms with van der Waals surface area (Å²) in [6.45, 7) is 0.108. The smallest absolute Gasteiger partial charge is 0.322 e. The normalized spacial score (nSPS) is 33.2. The molecule has 4 bridgehead atoms. The van der Waals surface area contributed by atoms with Gasteiger partial charge in [-0.3, -0.25) is 4.79 Å². The molecule has 5 rings (SSSR count). The summed E-state index contributed by atoms with van der Waals surface area (Å²) in [7, 11) is 0. The molecule has 1 aromatic rings. The lowest BCUT2D eigenvalue weighted by atomic mass is 9.49. The predicted octanol–water partition coefficient (Wildman–Crippen LogP) is 3.69. The third-order valence-electron chi connectivity index (χ3n) is 6.00. The standard InChI is InChI=1S/C20H25FN2O3/c21-17-3-1-13(2-4-17)12-22-19(25)26-23-18(24)11-20-8-14-5-15(9-20)7-16(6-14)10-20/h1-4,14-16H,5-12H2,(H,22,25)(H,23,24)/i11D2. The molecule has 4 aliphatic carbocycles. The lowest BCUT2D eigenvalue weighted by Gasteiger charge is -2.56. The van der Waals surface area contributed by atoms with Gasteiger partial charge in [-0.1, -0.05) is 12.1 Å². The molecule has 4 saturated carbocycles. The number of carbonyl (C=O) groups is 2. The monoisotopic (exact) mass is 362 g/mol. The van der Waals surface area contributed by atoms with E-state index in [1.807, 2.05) is 5.48 Å². The third-order valence-corrected chi connectivity index (χ3v) is 6.00. The van der Waals surface area contributed by atoms with Crippen molar-refractivity contribution in [2.24, 2.45) is 23.2 Å². The Bertz CT molecular complexity index is 734. The Kier molecular flexibility index (Phi) is 3.98. The van der Waals surface area contributed by atoms with E-state index in [4.69, 9.17) is 7.58 Å². The van der Waals surface area contributed by atoms with E-state index in [9.17, 15) is 14.0 Å². The minimum atomic E-state index is -2.08. The maximum absolute atomic E-state index is 12.9. The van der Waals surface area contributed by atoms with Gasteiger partial charge in [0.15, 0.2) is 0 Å². The second kappa shape index (κ2) is 6.89. The maximum atomic E-state index is 12.9. The minimum Gasteiger partial charge on any atom is -0.322 e. The van der Waals surface area contributed by atoms with Gasteiger partial charge in [0.05, 0.1) is 0 Å². The van der Waals surface area contributed by atoms with Crippen LogP contribution in [-0.4, -0.2) is 12.0 Å². The van der Waals surface area contributed by atoms with E-state index >= 15 is 0 Å². The van der Waals surface area contributed by atoms with Crippen molar-refractivity contribution in [3.8, 4) is 0 Å². The number of carbonyl (C=O) groups excluding carboxylic acids is 2. The number of benzene rings is 1. The first-order valence-electron chi connectivity index (χ1n) is 10.3. The van der Waals surface area contributed by atoms with Gasteiger partial charge in [-0.2, -0.15) is 5.48 Å². The molecule has 140 valence electrons. The fraction of sp³-hybridized carbons (Fsp3) is 0.600. The summed E-state index contributed by atoms with van der Waals surface area (Å²) in [4.78, 5) is 29.1. The molecule has 5 nitrogen and oxygen atoms in total. The van der Waals surface area contributed by atoms with Gasteiger partial charge in [-0.15, -0.1) is 0 Å². The summed E-state index contributed by atoms with van der Waals surface area (Å²) in [5, 5.41) is 2.44. The molecule has 0 atom stereocenters. The first kappa shape index (κ1) is 15.0. The van der Waals surface area contributed by atoms with Crippen LogP contribution in [0.4, 0.5) is 9.18 Å². The van der Waals surface area contributed by atoms with Crippen LogP contribution in [0, 0.1) is 29.0 Å². The summed E-state index contributed by atoms with van der Waals surface area (Å²) < 4.78 is 29.9. The molecule has 0 unspecified atom stereocenters. The third kappa shape index (κ3) is 3.84. The fourth-order valence-electron chi connectivity index (χ4n) is 5.44. The van der Waals surface area contributed by atoms with Crippen molar-refractivity contribution in [1.29, 1.82) is 0 Å². The van der Waals surface area contributed by atoms with E-state index in [1.165, 1.54) is 24.3 Å². The molecule has 1 aromatic carbocycles. The number of nitrogens with one attached hydrogen (secondary N) is 2. The zero-order chi connectivity index (χ0) is 19.9. The highest BCUT2D eigenvalue weighted by molar-refractivity contribution is 5.78. The van der Waals surface area contributed by atoms with Crippen LogP contribution < -0.4 is 10.8 Å². The Balaban J connectivity index is 1.31. The largest absolute Gasteiger partial charge is 0.431 e. The average molecular weight is 362 g/mol. The Morgan fingerprint density at radius 2 is 1.69 bits per heavy atom. The number of halogens is 1. The van der Waals surface area contributed by atoms with Crippen LogP contribution in [0.25, 0.3) is 0 Å². The highest BCUT2D eigenvalue weighted by Gasteiger charge is 2.51. The molecule has 0 aliphatic heterocycles. The van der Waals surface area contributed by atoms with Gasteiger partial charge >= 0.3 is 6.09 Å². The summed E-state index contributed by atoms with van der Waals surface area (Å²) in [6.07, 6.45) is 2.68. The molecule has 2 N–H and O–H groups in total. The van der Waals surface area contributed by atoms with Gasteiger partial charge in [0.1, 0.15) is 5.82 Å². The van der Waals surface area contributed by atoms with Gasteiger partial charge in [-0.05, 0) is 79.4 Å². The highest BCUT2D eigenvalue weighted by Crippen LogP contribution is 2.61. The van der Waals surface area contributed by atoms with Crippen molar-refractivity contribution in [2.45, 2.75) is 51.4 Å². The van der Waals surface area contributed by atoms with E-state index in [1.54, 1.807) is 0 Å². The zero-order valence-electron chi connectivity index (χ0n) is 16.6. The Morgan fingerprint density at radius 1 is 1.12 bits per heavy atom. The van der Waals surface area contributed by atoms with Gasteiger partial charge in [0, 0.05) is 15.7 Å². The highest BCUT2D eigenvalue weighted by atomic mass is 19.1. The van der Waals surface area contributed by atoms with Crippen LogP contribution in [0.15, 0.2) is 24.3 Å². The molecule has 26 heavy (non-hydrogen) atoms. The van der Waals surface area contributed by atoms with E-state index in [-0.39, 0.29) is 12.4 Å². The van der Waals surface area contributed by atoms with Gasteiger partial charge in [-0.25, -0.2) is 9.18 Å². The van der Waals surface area contributed by atoms with E-state index in [0.717, 1.165) is 38.5 Å². The number of hydrogen-bond donors (Lipinski definition) is 2. The van der Waals surface area contributed by atoms with Crippen molar-refractivity contribution in [1.82, 2.24) is 10.8 Å². The number of rotatable bonds is 4. The Morgan fingerprint density at radius 3 is 2.27 bits per heavy atom. The molecule has 6 heteroatoms. The van der Waals surface area contributed by atoms with Crippen molar-refractivity contribution >= 4 is 12.0 Å². The van der Waals surface area contributed by atoms with Crippen LogP contribution >= 0.6 is 0 Å². The average Bonchev–Trinajstić information content (AvgIpc) is 2.64. The van der Waals surface area contributed by atoms with Crippen LogP contribution in [0.1, 0.15) is 53.2 Å². The van der Waals surface area contributed by atoms with Crippen LogP contribution in [0.3, 0.4) is 0 Å². The predicted molar refractivity (Wildman–Crippen MR) is 93.1 cm³/mol.